The highest BCUT2D eigenvalue weighted by molar-refractivity contribution is 7.89. The molecule has 0 spiro atoms. The van der Waals surface area contributed by atoms with Gasteiger partial charge in [-0.15, -0.1) is 0 Å². The number of piperidine rings is 1. The molecule has 5 nitrogen and oxygen atoms in total. The summed E-state index contributed by atoms with van der Waals surface area (Å²) >= 11 is 0. The summed E-state index contributed by atoms with van der Waals surface area (Å²) in [5.41, 5.74) is 1.60. The zero-order valence-electron chi connectivity index (χ0n) is 15.9. The monoisotopic (exact) mass is 398 g/mol. The zero-order chi connectivity index (χ0) is 19.6. The van der Waals surface area contributed by atoms with Crippen LogP contribution >= 0.6 is 0 Å². The number of amides is 1. The second-order valence-corrected chi connectivity index (χ2v) is 9.63. The fraction of sp³-hybridized carbons (Fsp3) is 0.409. The fourth-order valence-corrected chi connectivity index (χ4v) is 5.34. The van der Waals surface area contributed by atoms with Crippen LogP contribution in [0.3, 0.4) is 0 Å². The third kappa shape index (κ3) is 4.13. The molecule has 1 saturated carbocycles. The molecule has 0 unspecified atom stereocenters. The lowest BCUT2D eigenvalue weighted by atomic mass is 10.0. The normalized spacial score (nSPS) is 19.1. The van der Waals surface area contributed by atoms with Crippen LogP contribution < -0.4 is 5.32 Å². The van der Waals surface area contributed by atoms with Crippen molar-refractivity contribution in [2.24, 2.45) is 5.92 Å². The molecule has 2 aromatic carbocycles. The van der Waals surface area contributed by atoms with Gasteiger partial charge in [-0.1, -0.05) is 36.8 Å². The van der Waals surface area contributed by atoms with Gasteiger partial charge in [0.1, 0.15) is 0 Å². The van der Waals surface area contributed by atoms with Crippen molar-refractivity contribution in [3.05, 3.63) is 65.7 Å². The second kappa shape index (κ2) is 8.05. The van der Waals surface area contributed by atoms with Gasteiger partial charge in [0.25, 0.3) is 5.91 Å². The molecule has 2 aliphatic rings. The van der Waals surface area contributed by atoms with Crippen LogP contribution in [0.2, 0.25) is 0 Å². The Hall–Kier alpha value is -2.18. The summed E-state index contributed by atoms with van der Waals surface area (Å²) in [7, 11) is -3.47. The summed E-state index contributed by atoms with van der Waals surface area (Å²) in [6, 6.07) is 16.3. The number of benzene rings is 2. The number of hydrogen-bond acceptors (Lipinski definition) is 3. The summed E-state index contributed by atoms with van der Waals surface area (Å²) < 4.78 is 27.1. The smallest absolute Gasteiger partial charge is 0.251 e. The van der Waals surface area contributed by atoms with E-state index in [2.05, 4.69) is 5.32 Å². The molecule has 2 fully saturated rings. The Balaban J connectivity index is 1.48. The Morgan fingerprint density at radius 2 is 1.57 bits per heavy atom. The fourth-order valence-electron chi connectivity index (χ4n) is 3.82. The van der Waals surface area contributed by atoms with Crippen LogP contribution in [0.5, 0.6) is 0 Å². The quantitative estimate of drug-likeness (QED) is 0.806. The first kappa shape index (κ1) is 19.2. The molecule has 1 aliphatic heterocycles. The minimum absolute atomic E-state index is 0.00505. The maximum absolute atomic E-state index is 12.8. The van der Waals surface area contributed by atoms with E-state index in [0.717, 1.165) is 37.7 Å². The molecular formula is C22H26N2O3S. The highest BCUT2D eigenvalue weighted by Crippen LogP contribution is 2.41. The zero-order valence-corrected chi connectivity index (χ0v) is 16.7. The van der Waals surface area contributed by atoms with E-state index < -0.39 is 10.0 Å². The molecule has 1 N–H and O–H groups in total. The van der Waals surface area contributed by atoms with Crippen molar-refractivity contribution in [1.82, 2.24) is 9.62 Å². The van der Waals surface area contributed by atoms with E-state index in [1.807, 2.05) is 30.3 Å². The Bertz CT molecular complexity index is 916. The third-order valence-corrected chi connectivity index (χ3v) is 7.52. The number of nitrogens with zero attached hydrogens (tertiary/aromatic N) is 1. The van der Waals surface area contributed by atoms with Gasteiger partial charge in [-0.25, -0.2) is 8.42 Å². The van der Waals surface area contributed by atoms with E-state index in [1.165, 1.54) is 0 Å². The molecule has 0 radical (unpaired) electrons. The molecule has 1 atom stereocenters. The van der Waals surface area contributed by atoms with E-state index in [4.69, 9.17) is 0 Å². The van der Waals surface area contributed by atoms with Gasteiger partial charge in [0.05, 0.1) is 10.9 Å². The van der Waals surface area contributed by atoms with Crippen LogP contribution in [0.4, 0.5) is 0 Å². The summed E-state index contributed by atoms with van der Waals surface area (Å²) in [6.45, 7) is 1.15. The standard InChI is InChI=1S/C22H26N2O3S/c25-22(23-21(18-9-10-18)17-7-3-1-4-8-17)19-11-13-20(14-12-19)28(26,27)24-15-5-2-6-16-24/h1,3-4,7-8,11-14,18,21H,2,5-6,9-10,15-16H2,(H,23,25)/t21-/m0/s1. The lowest BCUT2D eigenvalue weighted by Gasteiger charge is -2.26. The molecule has 0 aromatic heterocycles. The van der Waals surface area contributed by atoms with Crippen molar-refractivity contribution in [1.29, 1.82) is 0 Å². The predicted octanol–water partition coefficient (Wildman–Crippen LogP) is 3.74. The molecule has 0 bridgehead atoms. The molecule has 1 aliphatic carbocycles. The van der Waals surface area contributed by atoms with Crippen molar-refractivity contribution in [3.8, 4) is 0 Å². The average molecular weight is 399 g/mol. The molecular weight excluding hydrogens is 372 g/mol. The largest absolute Gasteiger partial charge is 0.345 e. The van der Waals surface area contributed by atoms with Gasteiger partial charge >= 0.3 is 0 Å². The lowest BCUT2D eigenvalue weighted by molar-refractivity contribution is 0.0931. The second-order valence-electron chi connectivity index (χ2n) is 7.69. The summed E-state index contributed by atoms with van der Waals surface area (Å²) in [5.74, 6) is 0.313. The first-order valence-corrected chi connectivity index (χ1v) is 11.5. The van der Waals surface area contributed by atoms with Crippen LogP contribution in [-0.2, 0) is 10.0 Å². The Kier molecular flexibility index (Phi) is 5.51. The number of carbonyl (C=O) groups is 1. The molecule has 2 aromatic rings. The molecule has 28 heavy (non-hydrogen) atoms. The molecule has 4 rings (SSSR count). The van der Waals surface area contributed by atoms with Crippen molar-refractivity contribution in [2.75, 3.05) is 13.1 Å². The maximum Gasteiger partial charge on any atom is 0.251 e. The van der Waals surface area contributed by atoms with Crippen LogP contribution in [0.15, 0.2) is 59.5 Å². The number of rotatable bonds is 6. The number of sulfonamides is 1. The van der Waals surface area contributed by atoms with Crippen molar-refractivity contribution >= 4 is 15.9 Å². The van der Waals surface area contributed by atoms with Gasteiger partial charge in [0.2, 0.25) is 10.0 Å². The molecule has 6 heteroatoms. The van der Waals surface area contributed by atoms with Gasteiger partial charge in [0, 0.05) is 18.7 Å². The van der Waals surface area contributed by atoms with Crippen molar-refractivity contribution < 1.29 is 13.2 Å². The van der Waals surface area contributed by atoms with E-state index in [-0.39, 0.29) is 16.8 Å². The Labute approximate surface area is 166 Å². The minimum atomic E-state index is -3.47. The van der Waals surface area contributed by atoms with Gasteiger partial charge < -0.3 is 5.32 Å². The SMILES string of the molecule is O=C(N[C@@H](c1ccccc1)C1CC1)c1ccc(S(=O)(=O)N2CCCCC2)cc1. The first-order valence-electron chi connectivity index (χ1n) is 10.0. The van der Waals surface area contributed by atoms with Crippen LogP contribution in [0, 0.1) is 5.92 Å². The van der Waals surface area contributed by atoms with E-state index in [0.29, 0.717) is 24.6 Å². The molecule has 1 amide bonds. The van der Waals surface area contributed by atoms with Crippen molar-refractivity contribution in [3.63, 3.8) is 0 Å². The topological polar surface area (TPSA) is 66.5 Å². The van der Waals surface area contributed by atoms with E-state index in [9.17, 15) is 13.2 Å². The van der Waals surface area contributed by atoms with Crippen LogP contribution in [0.1, 0.15) is 54.1 Å². The first-order chi connectivity index (χ1) is 13.6. The highest BCUT2D eigenvalue weighted by Gasteiger charge is 2.33. The molecule has 1 saturated heterocycles. The summed E-state index contributed by atoms with van der Waals surface area (Å²) in [4.78, 5) is 13.0. The number of nitrogens with one attached hydrogen (secondary N) is 1. The Morgan fingerprint density at radius 1 is 0.929 bits per heavy atom. The summed E-state index contributed by atoms with van der Waals surface area (Å²) in [5, 5.41) is 3.13. The molecule has 1 heterocycles. The Morgan fingerprint density at radius 3 is 2.18 bits per heavy atom. The minimum Gasteiger partial charge on any atom is -0.345 e. The molecule has 148 valence electrons. The van der Waals surface area contributed by atoms with Gasteiger partial charge in [0.15, 0.2) is 0 Å². The maximum atomic E-state index is 12.8. The van der Waals surface area contributed by atoms with Gasteiger partial charge in [-0.05, 0) is 61.4 Å². The lowest BCUT2D eigenvalue weighted by Crippen LogP contribution is -2.35. The van der Waals surface area contributed by atoms with Crippen LogP contribution in [0.25, 0.3) is 0 Å². The predicted molar refractivity (Wildman–Crippen MR) is 108 cm³/mol. The highest BCUT2D eigenvalue weighted by atomic mass is 32.2. The van der Waals surface area contributed by atoms with Gasteiger partial charge in [-0.3, -0.25) is 4.79 Å². The van der Waals surface area contributed by atoms with Crippen LogP contribution in [-0.4, -0.2) is 31.7 Å². The van der Waals surface area contributed by atoms with E-state index >= 15 is 0 Å². The average Bonchev–Trinajstić information content (AvgIpc) is 3.58. The van der Waals surface area contributed by atoms with E-state index in [1.54, 1.807) is 28.6 Å². The third-order valence-electron chi connectivity index (χ3n) is 5.61. The number of hydrogen-bond donors (Lipinski definition) is 1. The number of carbonyl (C=O) groups excluding carboxylic acids is 1. The summed E-state index contributed by atoms with van der Waals surface area (Å²) in [6.07, 6.45) is 5.12. The van der Waals surface area contributed by atoms with Gasteiger partial charge in [-0.2, -0.15) is 4.31 Å². The van der Waals surface area contributed by atoms with Crippen molar-refractivity contribution in [2.45, 2.75) is 43.0 Å².